The highest BCUT2D eigenvalue weighted by atomic mass is 35.5. The van der Waals surface area contributed by atoms with Crippen LogP contribution >= 0.6 is 34.8 Å². The van der Waals surface area contributed by atoms with Crippen LogP contribution in [-0.4, -0.2) is 35.4 Å². The second-order valence-corrected chi connectivity index (χ2v) is 9.60. The SMILES string of the molecule is CC(C)NC(=O)C(Cc1ccccc1)N(Cc1ccccc1Cl)C(=O)COc1ccc(Cl)cc1Cl. The predicted octanol–water partition coefficient (Wildman–Crippen LogP) is 6.19. The van der Waals surface area contributed by atoms with Crippen molar-refractivity contribution in [2.45, 2.75) is 38.9 Å². The van der Waals surface area contributed by atoms with Crippen LogP contribution in [0.3, 0.4) is 0 Å². The fourth-order valence-corrected chi connectivity index (χ4v) is 4.22. The quantitative estimate of drug-likeness (QED) is 0.338. The Hall–Kier alpha value is -2.73. The van der Waals surface area contributed by atoms with Gasteiger partial charge >= 0.3 is 0 Å². The summed E-state index contributed by atoms with van der Waals surface area (Å²) in [5.74, 6) is -0.307. The zero-order valence-electron chi connectivity index (χ0n) is 19.5. The summed E-state index contributed by atoms with van der Waals surface area (Å²) in [4.78, 5) is 28.4. The van der Waals surface area contributed by atoms with Crippen LogP contribution in [0.25, 0.3) is 0 Å². The average Bonchev–Trinajstić information content (AvgIpc) is 2.82. The van der Waals surface area contributed by atoms with E-state index in [1.54, 1.807) is 24.3 Å². The first-order chi connectivity index (χ1) is 16.7. The highest BCUT2D eigenvalue weighted by Crippen LogP contribution is 2.28. The largest absolute Gasteiger partial charge is 0.482 e. The molecule has 1 atom stereocenters. The molecule has 0 aliphatic rings. The topological polar surface area (TPSA) is 58.6 Å². The van der Waals surface area contributed by atoms with Gasteiger partial charge in [0.05, 0.1) is 5.02 Å². The highest BCUT2D eigenvalue weighted by Gasteiger charge is 2.31. The first-order valence-electron chi connectivity index (χ1n) is 11.2. The molecular weight excluding hydrogens is 507 g/mol. The molecule has 0 aliphatic carbocycles. The average molecular weight is 534 g/mol. The van der Waals surface area contributed by atoms with Gasteiger partial charge in [-0.2, -0.15) is 0 Å². The molecule has 0 fully saturated rings. The van der Waals surface area contributed by atoms with Crippen LogP contribution in [0.2, 0.25) is 15.1 Å². The van der Waals surface area contributed by atoms with E-state index >= 15 is 0 Å². The molecule has 35 heavy (non-hydrogen) atoms. The maximum atomic E-state index is 13.5. The summed E-state index contributed by atoms with van der Waals surface area (Å²) in [6.07, 6.45) is 0.331. The number of carbonyl (C=O) groups is 2. The summed E-state index contributed by atoms with van der Waals surface area (Å²) in [5.41, 5.74) is 1.65. The molecule has 8 heteroatoms. The molecule has 0 saturated carbocycles. The second-order valence-electron chi connectivity index (χ2n) is 8.35. The van der Waals surface area contributed by atoms with Crippen molar-refractivity contribution in [1.82, 2.24) is 10.2 Å². The summed E-state index contributed by atoms with van der Waals surface area (Å²) in [7, 11) is 0. The Morgan fingerprint density at radius 2 is 1.60 bits per heavy atom. The van der Waals surface area contributed by atoms with E-state index in [1.807, 2.05) is 62.4 Å². The maximum Gasteiger partial charge on any atom is 0.261 e. The third-order valence-electron chi connectivity index (χ3n) is 5.25. The Balaban J connectivity index is 1.93. The zero-order valence-corrected chi connectivity index (χ0v) is 21.8. The molecule has 0 heterocycles. The fourth-order valence-electron chi connectivity index (χ4n) is 3.56. The normalized spacial score (nSPS) is 11.7. The number of hydrogen-bond acceptors (Lipinski definition) is 3. The monoisotopic (exact) mass is 532 g/mol. The van der Waals surface area contributed by atoms with Gasteiger partial charge in [0, 0.05) is 29.1 Å². The minimum absolute atomic E-state index is 0.0952. The van der Waals surface area contributed by atoms with Crippen molar-refractivity contribution in [3.8, 4) is 5.75 Å². The molecule has 3 aromatic rings. The molecule has 0 spiro atoms. The number of ether oxygens (including phenoxy) is 1. The number of nitrogens with zero attached hydrogens (tertiary/aromatic N) is 1. The van der Waals surface area contributed by atoms with Gasteiger partial charge in [0.1, 0.15) is 11.8 Å². The molecule has 0 saturated heterocycles. The van der Waals surface area contributed by atoms with Gasteiger partial charge in [0.15, 0.2) is 6.61 Å². The lowest BCUT2D eigenvalue weighted by atomic mass is 10.0. The molecule has 2 amide bonds. The van der Waals surface area contributed by atoms with Crippen molar-refractivity contribution in [2.24, 2.45) is 0 Å². The van der Waals surface area contributed by atoms with Crippen LogP contribution in [0, 0.1) is 0 Å². The van der Waals surface area contributed by atoms with Crippen LogP contribution in [0.4, 0.5) is 0 Å². The first-order valence-corrected chi connectivity index (χ1v) is 12.3. The van der Waals surface area contributed by atoms with Gasteiger partial charge in [0.2, 0.25) is 5.91 Å². The van der Waals surface area contributed by atoms with Crippen LogP contribution < -0.4 is 10.1 Å². The predicted molar refractivity (Wildman–Crippen MR) is 141 cm³/mol. The third-order valence-corrected chi connectivity index (χ3v) is 6.14. The van der Waals surface area contributed by atoms with Crippen LogP contribution in [0.5, 0.6) is 5.75 Å². The molecule has 0 aliphatic heterocycles. The maximum absolute atomic E-state index is 13.5. The highest BCUT2D eigenvalue weighted by molar-refractivity contribution is 6.35. The van der Waals surface area contributed by atoms with Crippen LogP contribution in [-0.2, 0) is 22.6 Å². The van der Waals surface area contributed by atoms with Gasteiger partial charge in [-0.3, -0.25) is 9.59 Å². The summed E-state index contributed by atoms with van der Waals surface area (Å²) >= 11 is 18.6. The molecular formula is C27H27Cl3N2O3. The number of hydrogen-bond donors (Lipinski definition) is 1. The lowest BCUT2D eigenvalue weighted by Crippen LogP contribution is -2.52. The number of carbonyl (C=O) groups excluding carboxylic acids is 2. The van der Waals surface area contributed by atoms with E-state index in [1.165, 1.54) is 4.90 Å². The Bertz CT molecular complexity index is 1160. The molecule has 3 aromatic carbocycles. The number of nitrogens with one attached hydrogen (secondary N) is 1. The van der Waals surface area contributed by atoms with Crippen molar-refractivity contribution < 1.29 is 14.3 Å². The molecule has 5 nitrogen and oxygen atoms in total. The van der Waals surface area contributed by atoms with Crippen molar-refractivity contribution in [3.05, 3.63) is 99.0 Å². The van der Waals surface area contributed by atoms with Gasteiger partial charge < -0.3 is 15.0 Å². The number of rotatable bonds is 10. The zero-order chi connectivity index (χ0) is 25.4. The molecule has 184 valence electrons. The van der Waals surface area contributed by atoms with Gasteiger partial charge in [-0.05, 0) is 49.2 Å². The van der Waals surface area contributed by atoms with Crippen LogP contribution in [0.1, 0.15) is 25.0 Å². The minimum atomic E-state index is -0.784. The van der Waals surface area contributed by atoms with Crippen molar-refractivity contribution in [1.29, 1.82) is 0 Å². The summed E-state index contributed by atoms with van der Waals surface area (Å²) in [6, 6.07) is 20.7. The van der Waals surface area contributed by atoms with Crippen LogP contribution in [0.15, 0.2) is 72.8 Å². The molecule has 0 radical (unpaired) electrons. The Labute approximate surface area is 220 Å². The number of amides is 2. The number of halogens is 3. The Morgan fingerprint density at radius 1 is 0.914 bits per heavy atom. The molecule has 1 unspecified atom stereocenters. The molecule has 1 N–H and O–H groups in total. The van der Waals surface area contributed by atoms with Gasteiger partial charge in [-0.25, -0.2) is 0 Å². The lowest BCUT2D eigenvalue weighted by molar-refractivity contribution is -0.143. The van der Waals surface area contributed by atoms with E-state index in [2.05, 4.69) is 5.32 Å². The third kappa shape index (κ3) is 7.89. The van der Waals surface area contributed by atoms with Gasteiger partial charge in [-0.1, -0.05) is 83.3 Å². The first kappa shape index (κ1) is 26.9. The van der Waals surface area contributed by atoms with Crippen molar-refractivity contribution in [3.63, 3.8) is 0 Å². The fraction of sp³-hybridized carbons (Fsp3) is 0.259. The van der Waals surface area contributed by atoms with E-state index in [-0.39, 0.29) is 31.0 Å². The molecule has 3 rings (SSSR count). The summed E-state index contributed by atoms with van der Waals surface area (Å²) in [6.45, 7) is 3.58. The summed E-state index contributed by atoms with van der Waals surface area (Å²) < 4.78 is 5.72. The second kappa shape index (κ2) is 12.8. The number of benzene rings is 3. The van der Waals surface area contributed by atoms with E-state index in [0.717, 1.165) is 11.1 Å². The summed E-state index contributed by atoms with van der Waals surface area (Å²) in [5, 5.41) is 4.21. The van der Waals surface area contributed by atoms with E-state index in [0.29, 0.717) is 27.2 Å². The molecule has 0 bridgehead atoms. The van der Waals surface area contributed by atoms with Crippen molar-refractivity contribution >= 4 is 46.6 Å². The Morgan fingerprint density at radius 3 is 2.26 bits per heavy atom. The van der Waals surface area contributed by atoms with Gasteiger partial charge in [-0.15, -0.1) is 0 Å². The van der Waals surface area contributed by atoms with E-state index < -0.39 is 6.04 Å². The van der Waals surface area contributed by atoms with E-state index in [4.69, 9.17) is 39.5 Å². The van der Waals surface area contributed by atoms with E-state index in [9.17, 15) is 9.59 Å². The minimum Gasteiger partial charge on any atom is -0.482 e. The lowest BCUT2D eigenvalue weighted by Gasteiger charge is -2.32. The smallest absolute Gasteiger partial charge is 0.261 e. The standard InChI is InChI=1S/C27H27Cl3N2O3/c1-18(2)31-27(34)24(14-19-8-4-3-5-9-19)32(16-20-10-6-7-11-22(20)29)26(33)17-35-25-13-12-21(28)15-23(25)30/h3-13,15,18,24H,14,16-17H2,1-2H3,(H,31,34). The Kier molecular flexibility index (Phi) is 9.84. The van der Waals surface area contributed by atoms with Gasteiger partial charge in [0.25, 0.3) is 5.91 Å². The van der Waals surface area contributed by atoms with Crippen molar-refractivity contribution in [2.75, 3.05) is 6.61 Å². The molecule has 0 aromatic heterocycles.